The van der Waals surface area contributed by atoms with E-state index in [0.29, 0.717) is 18.5 Å². The average molecular weight is 434 g/mol. The highest BCUT2D eigenvalue weighted by Crippen LogP contribution is 2.30. The van der Waals surface area contributed by atoms with Gasteiger partial charge in [-0.3, -0.25) is 9.59 Å². The summed E-state index contributed by atoms with van der Waals surface area (Å²) in [5.74, 6) is -0.657. The number of aromatic amines is 1. The minimum absolute atomic E-state index is 0.0372. The first-order valence-electron chi connectivity index (χ1n) is 10.5. The summed E-state index contributed by atoms with van der Waals surface area (Å²) >= 11 is 0. The minimum atomic E-state index is -0.848. The van der Waals surface area contributed by atoms with Gasteiger partial charge in [0.1, 0.15) is 0 Å². The lowest BCUT2D eigenvalue weighted by Gasteiger charge is -2.34. The van der Waals surface area contributed by atoms with Crippen LogP contribution in [0, 0.1) is 12.3 Å². The van der Waals surface area contributed by atoms with Gasteiger partial charge >= 0.3 is 5.97 Å². The highest BCUT2D eigenvalue weighted by atomic mass is 16.7. The first kappa shape index (κ1) is 21.7. The van der Waals surface area contributed by atoms with Crippen molar-refractivity contribution in [2.24, 2.45) is 5.41 Å². The summed E-state index contributed by atoms with van der Waals surface area (Å²) in [7, 11) is 0. The minimum Gasteiger partial charge on any atom is -0.438 e. The molecule has 2 N–H and O–H groups in total. The molecule has 2 atom stereocenters. The molecule has 0 radical (unpaired) electrons. The number of nitrogens with one attached hydrogen (secondary N) is 2. The van der Waals surface area contributed by atoms with Crippen LogP contribution in [0.5, 0.6) is 0 Å². The number of hydrogen-bond acceptors (Lipinski definition) is 6. The predicted molar refractivity (Wildman–Crippen MR) is 118 cm³/mol. The molecule has 0 aliphatic carbocycles. The Balaban J connectivity index is 1.53. The molecule has 0 saturated carbocycles. The van der Waals surface area contributed by atoms with Crippen LogP contribution < -0.4 is 5.32 Å². The third kappa shape index (κ3) is 4.86. The standard InChI is InChI=1S/C24H26N4O4/c1-16-21(27-28-26-16)22(29)25-20(13-24(2)14-31-15-32-23(24)30)12-17-8-10-19(11-9-17)18-6-4-3-5-7-18/h3-11,20H,12-15H2,1-2H3,(H,25,29)(H,26,27,28)/t20-,24+/m1/s1. The van der Waals surface area contributed by atoms with E-state index in [1.807, 2.05) is 30.3 Å². The molecule has 0 bridgehead atoms. The van der Waals surface area contributed by atoms with Crippen LogP contribution in [-0.2, 0) is 20.7 Å². The Morgan fingerprint density at radius 1 is 1.12 bits per heavy atom. The summed E-state index contributed by atoms with van der Waals surface area (Å²) in [5.41, 5.74) is 3.20. The Morgan fingerprint density at radius 2 is 1.84 bits per heavy atom. The van der Waals surface area contributed by atoms with E-state index in [1.54, 1.807) is 13.8 Å². The normalized spacial score (nSPS) is 19.2. The molecule has 3 aromatic rings. The number of benzene rings is 2. The van der Waals surface area contributed by atoms with Crippen LogP contribution in [0.1, 0.15) is 35.1 Å². The predicted octanol–water partition coefficient (Wildman–Crippen LogP) is 3.05. The van der Waals surface area contributed by atoms with Crippen molar-refractivity contribution >= 4 is 11.9 Å². The summed E-state index contributed by atoms with van der Waals surface area (Å²) in [6.07, 6.45) is 0.912. The Hall–Kier alpha value is -3.52. The van der Waals surface area contributed by atoms with Crippen LogP contribution in [0.25, 0.3) is 11.1 Å². The van der Waals surface area contributed by atoms with Gasteiger partial charge in [0.05, 0.1) is 17.7 Å². The van der Waals surface area contributed by atoms with Gasteiger partial charge < -0.3 is 14.8 Å². The van der Waals surface area contributed by atoms with Crippen molar-refractivity contribution in [1.29, 1.82) is 0 Å². The second kappa shape index (κ2) is 9.32. The summed E-state index contributed by atoms with van der Waals surface area (Å²) in [6, 6.07) is 18.0. The number of nitrogens with zero attached hydrogens (tertiary/aromatic N) is 2. The van der Waals surface area contributed by atoms with E-state index in [9.17, 15) is 9.59 Å². The van der Waals surface area contributed by atoms with Gasteiger partial charge in [0.25, 0.3) is 5.91 Å². The lowest BCUT2D eigenvalue weighted by Crippen LogP contribution is -2.47. The van der Waals surface area contributed by atoms with Gasteiger partial charge in [-0.1, -0.05) is 54.6 Å². The van der Waals surface area contributed by atoms with Crippen LogP contribution in [0.3, 0.4) is 0 Å². The van der Waals surface area contributed by atoms with Crippen molar-refractivity contribution < 1.29 is 19.1 Å². The molecule has 2 aromatic carbocycles. The molecular weight excluding hydrogens is 408 g/mol. The first-order chi connectivity index (χ1) is 15.4. The van der Waals surface area contributed by atoms with Gasteiger partial charge in [0, 0.05) is 6.04 Å². The lowest BCUT2D eigenvalue weighted by molar-refractivity contribution is -0.193. The van der Waals surface area contributed by atoms with E-state index in [0.717, 1.165) is 16.7 Å². The number of amides is 1. The molecule has 8 nitrogen and oxygen atoms in total. The van der Waals surface area contributed by atoms with Crippen LogP contribution in [-0.4, -0.2) is 46.7 Å². The molecule has 1 fully saturated rings. The van der Waals surface area contributed by atoms with Crippen LogP contribution in [0.4, 0.5) is 0 Å². The summed E-state index contributed by atoms with van der Waals surface area (Å²) in [5, 5.41) is 13.3. The van der Waals surface area contributed by atoms with E-state index in [1.165, 1.54) is 0 Å². The molecule has 2 heterocycles. The van der Waals surface area contributed by atoms with Gasteiger partial charge in [-0.15, -0.1) is 0 Å². The first-order valence-corrected chi connectivity index (χ1v) is 10.5. The zero-order chi connectivity index (χ0) is 22.6. The van der Waals surface area contributed by atoms with Gasteiger partial charge in [0.2, 0.25) is 0 Å². The van der Waals surface area contributed by atoms with E-state index in [4.69, 9.17) is 9.47 Å². The number of carbonyl (C=O) groups excluding carboxylic acids is 2. The highest BCUT2D eigenvalue weighted by molar-refractivity contribution is 5.93. The third-order valence-corrected chi connectivity index (χ3v) is 5.70. The van der Waals surface area contributed by atoms with Crippen LogP contribution in [0.15, 0.2) is 54.6 Å². The Labute approximate surface area is 186 Å². The number of aryl methyl sites for hydroxylation is 1. The number of ether oxygens (including phenoxy) is 2. The van der Waals surface area contributed by atoms with E-state index in [-0.39, 0.29) is 37.0 Å². The van der Waals surface area contributed by atoms with Crippen LogP contribution in [0.2, 0.25) is 0 Å². The molecule has 32 heavy (non-hydrogen) atoms. The quantitative estimate of drug-likeness (QED) is 0.554. The zero-order valence-corrected chi connectivity index (χ0v) is 18.1. The number of cyclic esters (lactones) is 1. The fraction of sp³-hybridized carbons (Fsp3) is 0.333. The number of hydrogen-bond donors (Lipinski definition) is 2. The van der Waals surface area contributed by atoms with E-state index >= 15 is 0 Å². The maximum absolute atomic E-state index is 12.8. The monoisotopic (exact) mass is 434 g/mol. The Bertz CT molecular complexity index is 1080. The molecule has 0 spiro atoms. The smallest absolute Gasteiger partial charge is 0.316 e. The number of aromatic nitrogens is 3. The molecule has 1 amide bonds. The largest absolute Gasteiger partial charge is 0.438 e. The van der Waals surface area contributed by atoms with E-state index in [2.05, 4.69) is 45.0 Å². The van der Waals surface area contributed by atoms with Gasteiger partial charge in [-0.25, -0.2) is 0 Å². The summed E-state index contributed by atoms with van der Waals surface area (Å²) in [6.45, 7) is 3.72. The molecule has 4 rings (SSSR count). The Morgan fingerprint density at radius 3 is 2.50 bits per heavy atom. The zero-order valence-electron chi connectivity index (χ0n) is 18.1. The molecule has 1 saturated heterocycles. The molecular formula is C24H26N4O4. The van der Waals surface area contributed by atoms with Crippen molar-refractivity contribution in [3.63, 3.8) is 0 Å². The fourth-order valence-electron chi connectivity index (χ4n) is 3.96. The van der Waals surface area contributed by atoms with E-state index < -0.39 is 5.41 Å². The number of rotatable bonds is 7. The van der Waals surface area contributed by atoms with Crippen molar-refractivity contribution in [1.82, 2.24) is 20.7 Å². The number of carbonyl (C=O) groups is 2. The molecule has 1 aliphatic heterocycles. The fourth-order valence-corrected chi connectivity index (χ4v) is 3.96. The van der Waals surface area contributed by atoms with Gasteiger partial charge in [0.15, 0.2) is 12.5 Å². The van der Waals surface area contributed by atoms with Gasteiger partial charge in [-0.05, 0) is 43.4 Å². The summed E-state index contributed by atoms with van der Waals surface area (Å²) in [4.78, 5) is 25.2. The third-order valence-electron chi connectivity index (χ3n) is 5.70. The molecule has 1 aliphatic rings. The van der Waals surface area contributed by atoms with Crippen molar-refractivity contribution in [3.05, 3.63) is 71.5 Å². The van der Waals surface area contributed by atoms with Crippen molar-refractivity contribution in [2.75, 3.05) is 13.4 Å². The summed E-state index contributed by atoms with van der Waals surface area (Å²) < 4.78 is 10.5. The highest BCUT2D eigenvalue weighted by Gasteiger charge is 2.41. The lowest BCUT2D eigenvalue weighted by atomic mass is 9.82. The second-order valence-electron chi connectivity index (χ2n) is 8.36. The molecule has 1 aromatic heterocycles. The van der Waals surface area contributed by atoms with Crippen LogP contribution >= 0.6 is 0 Å². The molecule has 0 unspecified atom stereocenters. The number of esters is 1. The molecule has 8 heteroatoms. The average Bonchev–Trinajstić information content (AvgIpc) is 3.23. The number of H-pyrrole nitrogens is 1. The Kier molecular flexibility index (Phi) is 6.32. The maximum Gasteiger partial charge on any atom is 0.316 e. The SMILES string of the molecule is Cc1n[nH]nc1C(=O)N[C@H](Cc1ccc(-c2ccccc2)cc1)C[C@@]1(C)COCOC1=O. The van der Waals surface area contributed by atoms with Crippen molar-refractivity contribution in [3.8, 4) is 11.1 Å². The topological polar surface area (TPSA) is 106 Å². The van der Waals surface area contributed by atoms with Gasteiger partial charge in [-0.2, -0.15) is 15.4 Å². The maximum atomic E-state index is 12.8. The second-order valence-corrected chi connectivity index (χ2v) is 8.36. The van der Waals surface area contributed by atoms with Crippen molar-refractivity contribution in [2.45, 2.75) is 32.7 Å². The molecule has 166 valence electrons.